The van der Waals surface area contributed by atoms with Gasteiger partial charge in [0, 0.05) is 0 Å². The van der Waals surface area contributed by atoms with Crippen LogP contribution in [0.5, 0.6) is 0 Å². The van der Waals surface area contributed by atoms with Crippen LogP contribution < -0.4 is 0 Å². The number of hydrogen-bond donors (Lipinski definition) is 2. The molecule has 0 unspecified atom stereocenters. The molecule has 0 aliphatic heterocycles. The van der Waals surface area contributed by atoms with Crippen LogP contribution in [0.25, 0.3) is 0 Å². The van der Waals surface area contributed by atoms with Gasteiger partial charge in [0.1, 0.15) is 6.10 Å². The van der Waals surface area contributed by atoms with Crippen molar-refractivity contribution in [2.45, 2.75) is 44.7 Å². The maximum absolute atomic E-state index is 12.0. The fourth-order valence-electron chi connectivity index (χ4n) is 2.31. The Hall–Kier alpha value is -1.92. The van der Waals surface area contributed by atoms with Crippen LogP contribution >= 0.6 is 0 Å². The Kier molecular flexibility index (Phi) is 5.30. The zero-order valence-electron chi connectivity index (χ0n) is 11.5. The summed E-state index contributed by atoms with van der Waals surface area (Å²) in [6.45, 7) is -2.16. The van der Waals surface area contributed by atoms with E-state index in [0.717, 1.165) is 25.7 Å². The maximum Gasteiger partial charge on any atom is 0.342 e. The van der Waals surface area contributed by atoms with Crippen LogP contribution in [0.3, 0.4) is 0 Å². The lowest BCUT2D eigenvalue weighted by molar-refractivity contribution is -0.200. The summed E-state index contributed by atoms with van der Waals surface area (Å²) in [6, 6.07) is 5.65. The van der Waals surface area contributed by atoms with Crippen LogP contribution in [0.1, 0.15) is 52.8 Å². The van der Waals surface area contributed by atoms with Crippen LogP contribution in [-0.2, 0) is 9.47 Å². The molecular formula is C15H18O6. The third kappa shape index (κ3) is 4.54. The summed E-state index contributed by atoms with van der Waals surface area (Å²) in [4.78, 5) is 23.3. The van der Waals surface area contributed by atoms with E-state index in [1.807, 2.05) is 0 Å². The van der Waals surface area contributed by atoms with Gasteiger partial charge in [-0.1, -0.05) is 6.42 Å². The summed E-state index contributed by atoms with van der Waals surface area (Å²) in [6.07, 6.45) is 5.09. The van der Waals surface area contributed by atoms with E-state index in [-0.39, 0.29) is 11.7 Å². The van der Waals surface area contributed by atoms with Crippen molar-refractivity contribution in [1.29, 1.82) is 0 Å². The third-order valence-electron chi connectivity index (χ3n) is 3.39. The lowest BCUT2D eigenvalue weighted by atomic mass is 9.98. The van der Waals surface area contributed by atoms with Crippen molar-refractivity contribution >= 4 is 11.9 Å². The Morgan fingerprint density at radius 2 is 1.48 bits per heavy atom. The highest BCUT2D eigenvalue weighted by atomic mass is 16.7. The lowest BCUT2D eigenvalue weighted by Gasteiger charge is -2.21. The van der Waals surface area contributed by atoms with Gasteiger partial charge in [-0.3, -0.25) is 0 Å². The quantitative estimate of drug-likeness (QED) is 0.647. The Labute approximate surface area is 122 Å². The minimum absolute atomic E-state index is 0.0274. The smallest absolute Gasteiger partial charge is 0.342 e. The van der Waals surface area contributed by atoms with Crippen LogP contribution in [0.4, 0.5) is 0 Å². The van der Waals surface area contributed by atoms with Crippen molar-refractivity contribution in [3.63, 3.8) is 0 Å². The first kappa shape index (κ1) is 15.5. The minimum Gasteiger partial charge on any atom is -0.459 e. The van der Waals surface area contributed by atoms with Crippen LogP contribution in [0.15, 0.2) is 24.3 Å². The summed E-state index contributed by atoms with van der Waals surface area (Å²) in [7, 11) is 0. The molecule has 21 heavy (non-hydrogen) atoms. The van der Waals surface area contributed by atoms with Gasteiger partial charge in [0.05, 0.1) is 11.1 Å². The number of rotatable bonds is 4. The van der Waals surface area contributed by atoms with E-state index in [1.165, 1.54) is 30.7 Å². The summed E-state index contributed by atoms with van der Waals surface area (Å²) >= 11 is 0. The van der Waals surface area contributed by atoms with E-state index in [1.54, 1.807) is 0 Å². The first-order valence-corrected chi connectivity index (χ1v) is 6.94. The molecular weight excluding hydrogens is 276 g/mol. The minimum atomic E-state index is -2.16. The molecule has 2 N–H and O–H groups in total. The van der Waals surface area contributed by atoms with Crippen molar-refractivity contribution in [3.8, 4) is 0 Å². The van der Waals surface area contributed by atoms with E-state index >= 15 is 0 Å². The van der Waals surface area contributed by atoms with Crippen molar-refractivity contribution < 1.29 is 29.3 Å². The van der Waals surface area contributed by atoms with Crippen molar-refractivity contribution in [1.82, 2.24) is 0 Å². The van der Waals surface area contributed by atoms with Gasteiger partial charge < -0.3 is 19.7 Å². The van der Waals surface area contributed by atoms with Gasteiger partial charge in [-0.15, -0.1) is 0 Å². The fraction of sp³-hybridized carbons (Fsp3) is 0.467. The molecule has 1 aromatic rings. The molecule has 0 heterocycles. The summed E-state index contributed by atoms with van der Waals surface area (Å²) < 4.78 is 9.62. The summed E-state index contributed by atoms with van der Waals surface area (Å²) in [5, 5.41) is 17.1. The molecule has 0 saturated heterocycles. The normalized spacial score (nSPS) is 15.8. The molecule has 0 atom stereocenters. The fourth-order valence-corrected chi connectivity index (χ4v) is 2.31. The largest absolute Gasteiger partial charge is 0.459 e. The molecule has 1 fully saturated rings. The first-order valence-electron chi connectivity index (χ1n) is 6.94. The van der Waals surface area contributed by atoms with Crippen molar-refractivity contribution in [2.75, 3.05) is 0 Å². The first-order chi connectivity index (χ1) is 10.1. The van der Waals surface area contributed by atoms with Crippen LogP contribution in [-0.4, -0.2) is 34.7 Å². The maximum atomic E-state index is 12.0. The molecule has 0 spiro atoms. The molecule has 0 aromatic heterocycles. The van der Waals surface area contributed by atoms with Crippen LogP contribution in [0.2, 0.25) is 0 Å². The Balaban J connectivity index is 1.94. The Morgan fingerprint density at radius 3 is 2.00 bits per heavy atom. The van der Waals surface area contributed by atoms with E-state index in [4.69, 9.17) is 14.9 Å². The molecule has 6 nitrogen and oxygen atoms in total. The molecule has 0 amide bonds. The van der Waals surface area contributed by atoms with Gasteiger partial charge in [0.2, 0.25) is 0 Å². The SMILES string of the molecule is O=C(OC(O)O)c1ccc(C(=O)OC2CCCCC2)cc1. The predicted octanol–water partition coefficient (Wildman–Crippen LogP) is 1.60. The highest BCUT2D eigenvalue weighted by Crippen LogP contribution is 2.21. The van der Waals surface area contributed by atoms with Gasteiger partial charge >= 0.3 is 18.4 Å². The molecule has 1 aromatic carbocycles. The Bertz CT molecular complexity index is 487. The molecule has 0 bridgehead atoms. The number of benzene rings is 1. The Morgan fingerprint density at radius 1 is 0.952 bits per heavy atom. The van der Waals surface area contributed by atoms with E-state index in [2.05, 4.69) is 4.74 Å². The molecule has 0 radical (unpaired) electrons. The van der Waals surface area contributed by atoms with Gasteiger partial charge in [-0.25, -0.2) is 9.59 Å². The zero-order valence-corrected chi connectivity index (χ0v) is 11.5. The monoisotopic (exact) mass is 294 g/mol. The van der Waals surface area contributed by atoms with Gasteiger partial charge in [-0.05, 0) is 49.9 Å². The van der Waals surface area contributed by atoms with E-state index < -0.39 is 18.4 Å². The van der Waals surface area contributed by atoms with Crippen molar-refractivity contribution in [2.24, 2.45) is 0 Å². The standard InChI is InChI=1S/C15H18O6/c16-13(20-12-4-2-1-3-5-12)10-6-8-11(9-7-10)14(17)21-15(18)19/h6-9,12,15,18-19H,1-5H2. The second-order valence-corrected chi connectivity index (χ2v) is 4.97. The average Bonchev–Trinajstić information content (AvgIpc) is 2.47. The van der Waals surface area contributed by atoms with Gasteiger partial charge in [0.15, 0.2) is 0 Å². The van der Waals surface area contributed by atoms with Crippen LogP contribution in [0, 0.1) is 0 Å². The number of aliphatic hydroxyl groups excluding tert-OH is 1. The molecule has 114 valence electrons. The van der Waals surface area contributed by atoms with Gasteiger partial charge in [0.25, 0.3) is 0 Å². The molecule has 6 heteroatoms. The highest BCUT2D eigenvalue weighted by molar-refractivity contribution is 5.93. The molecule has 2 rings (SSSR count). The lowest BCUT2D eigenvalue weighted by Crippen LogP contribution is -2.21. The number of esters is 2. The molecule has 1 aliphatic carbocycles. The summed E-state index contributed by atoms with van der Waals surface area (Å²) in [5.74, 6) is -1.29. The molecule has 1 aliphatic rings. The third-order valence-corrected chi connectivity index (χ3v) is 3.39. The average molecular weight is 294 g/mol. The zero-order chi connectivity index (χ0) is 15.2. The number of carbonyl (C=O) groups excluding carboxylic acids is 2. The van der Waals surface area contributed by atoms with E-state index in [9.17, 15) is 9.59 Å². The number of aliphatic hydroxyl groups is 2. The number of hydrogen-bond acceptors (Lipinski definition) is 6. The summed E-state index contributed by atoms with van der Waals surface area (Å²) in [5.41, 5.74) is 0.471. The van der Waals surface area contributed by atoms with E-state index in [0.29, 0.717) is 5.56 Å². The van der Waals surface area contributed by atoms with Crippen molar-refractivity contribution in [3.05, 3.63) is 35.4 Å². The highest BCUT2D eigenvalue weighted by Gasteiger charge is 2.19. The topological polar surface area (TPSA) is 93.1 Å². The number of carbonyl (C=O) groups is 2. The van der Waals surface area contributed by atoms with Gasteiger partial charge in [-0.2, -0.15) is 0 Å². The molecule has 1 saturated carbocycles. The predicted molar refractivity (Wildman–Crippen MR) is 72.4 cm³/mol. The second-order valence-electron chi connectivity index (χ2n) is 4.97. The number of ether oxygens (including phenoxy) is 2. The second kappa shape index (κ2) is 7.19.